The quantitative estimate of drug-likeness (QED) is 0.0717. The van der Waals surface area contributed by atoms with Gasteiger partial charge in [0.05, 0.1) is 36.9 Å². The molecule has 0 fully saturated rings. The van der Waals surface area contributed by atoms with E-state index in [0.717, 1.165) is 67.8 Å². The summed E-state index contributed by atoms with van der Waals surface area (Å²) in [4.78, 5) is 4.55. The number of aryl methyl sites for hydroxylation is 2. The topological polar surface area (TPSA) is 37.7 Å². The Morgan fingerprint density at radius 2 is 0.545 bits per heavy atom. The summed E-state index contributed by atoms with van der Waals surface area (Å²) in [6.45, 7) is 5.45. The van der Waals surface area contributed by atoms with Crippen molar-refractivity contribution in [2.45, 2.75) is 26.9 Å². The predicted molar refractivity (Wildman–Crippen MR) is 279 cm³/mol. The summed E-state index contributed by atoms with van der Waals surface area (Å²) in [6.07, 6.45) is 3.88. The van der Waals surface area contributed by atoms with E-state index in [9.17, 15) is 0 Å². The molecule has 0 saturated carbocycles. The first-order valence-corrected chi connectivity index (χ1v) is 22.4. The van der Waals surface area contributed by atoms with Crippen LogP contribution in [0.5, 0.6) is 0 Å². The van der Waals surface area contributed by atoms with Crippen LogP contribution >= 0.6 is 0 Å². The Hall–Kier alpha value is -8.48. The molecule has 6 heteroatoms. The van der Waals surface area contributed by atoms with Gasteiger partial charge in [0.25, 0.3) is 0 Å². The van der Waals surface area contributed by atoms with Crippen molar-refractivity contribution in [3.05, 3.63) is 276 Å². The van der Waals surface area contributed by atoms with Gasteiger partial charge in [-0.1, -0.05) is 157 Å². The second-order valence-electron chi connectivity index (χ2n) is 16.3. The van der Waals surface area contributed by atoms with Gasteiger partial charge in [-0.3, -0.25) is 10.0 Å². The first-order valence-electron chi connectivity index (χ1n) is 22.4. The molecule has 0 unspecified atom stereocenters. The van der Waals surface area contributed by atoms with E-state index in [0.29, 0.717) is 13.1 Å². The van der Waals surface area contributed by atoms with Crippen molar-refractivity contribution < 1.29 is 0 Å². The van der Waals surface area contributed by atoms with E-state index in [1.54, 1.807) is 0 Å². The summed E-state index contributed by atoms with van der Waals surface area (Å²) in [5, 5.41) is 14.2. The van der Waals surface area contributed by atoms with Crippen molar-refractivity contribution >= 4 is 57.9 Å². The number of benzene rings is 9. The number of nitrogens with zero attached hydrogens (tertiary/aromatic N) is 6. The van der Waals surface area contributed by atoms with Crippen LogP contribution in [0.1, 0.15) is 33.4 Å². The molecule has 0 heterocycles. The van der Waals surface area contributed by atoms with Gasteiger partial charge in [0, 0.05) is 34.1 Å². The maximum Gasteiger partial charge on any atom is 0.0666 e. The summed E-state index contributed by atoms with van der Waals surface area (Å²) >= 11 is 0. The molecule has 0 saturated heterocycles. The average Bonchev–Trinajstić information content (AvgIpc) is 3.38. The van der Waals surface area contributed by atoms with Gasteiger partial charge in [0.2, 0.25) is 0 Å². The van der Waals surface area contributed by atoms with Crippen LogP contribution in [0.4, 0.5) is 45.5 Å². The summed E-state index contributed by atoms with van der Waals surface area (Å²) in [5.41, 5.74) is 15.4. The molecule has 9 aromatic carbocycles. The highest BCUT2D eigenvalue weighted by molar-refractivity contribution is 5.84. The van der Waals surface area contributed by atoms with Gasteiger partial charge in [-0.05, 0) is 133 Å². The monoisotopic (exact) mass is 856 g/mol. The van der Waals surface area contributed by atoms with Crippen molar-refractivity contribution in [1.82, 2.24) is 0 Å². The van der Waals surface area contributed by atoms with Crippen molar-refractivity contribution in [2.24, 2.45) is 10.2 Å². The fourth-order valence-corrected chi connectivity index (χ4v) is 7.82. The third-order valence-electron chi connectivity index (χ3n) is 11.4. The first-order chi connectivity index (χ1) is 32.5. The Morgan fingerprint density at radius 3 is 0.848 bits per heavy atom. The Balaban J connectivity index is 0.903. The van der Waals surface area contributed by atoms with E-state index >= 15 is 0 Å². The van der Waals surface area contributed by atoms with Gasteiger partial charge in [-0.2, -0.15) is 10.2 Å². The fraction of sp³-hybridized carbons (Fsp3) is 0.0667. The second kappa shape index (κ2) is 20.8. The van der Waals surface area contributed by atoms with Gasteiger partial charge in [-0.25, -0.2) is 0 Å². The van der Waals surface area contributed by atoms with Crippen molar-refractivity contribution in [3.8, 4) is 0 Å². The van der Waals surface area contributed by atoms with Crippen LogP contribution in [-0.4, -0.2) is 12.4 Å². The minimum Gasteiger partial charge on any atom is -0.311 e. The molecule has 0 radical (unpaired) electrons. The highest BCUT2D eigenvalue weighted by Crippen LogP contribution is 2.36. The maximum absolute atomic E-state index is 5.04. The molecule has 9 aromatic rings. The molecule has 322 valence electrons. The molecular formula is C60H52N6. The molecule has 0 aliphatic carbocycles. The molecule has 66 heavy (non-hydrogen) atoms. The Bertz CT molecular complexity index is 2730. The molecule has 0 atom stereocenters. The number of para-hydroxylation sites is 4. The van der Waals surface area contributed by atoms with Gasteiger partial charge < -0.3 is 9.80 Å². The Kier molecular flexibility index (Phi) is 13.5. The van der Waals surface area contributed by atoms with Crippen molar-refractivity contribution in [3.63, 3.8) is 0 Å². The zero-order chi connectivity index (χ0) is 44.9. The molecule has 0 N–H and O–H groups in total. The fourth-order valence-electron chi connectivity index (χ4n) is 7.82. The zero-order valence-corrected chi connectivity index (χ0v) is 37.3. The highest BCUT2D eigenvalue weighted by Gasteiger charge is 2.14. The van der Waals surface area contributed by atoms with E-state index < -0.39 is 0 Å². The van der Waals surface area contributed by atoms with Crippen LogP contribution in [-0.2, 0) is 13.1 Å². The molecule has 9 rings (SSSR count). The van der Waals surface area contributed by atoms with E-state index in [4.69, 9.17) is 10.2 Å². The lowest BCUT2D eigenvalue weighted by molar-refractivity contribution is 0.845. The molecule has 0 bridgehead atoms. The van der Waals surface area contributed by atoms with E-state index in [2.05, 4.69) is 252 Å². The smallest absolute Gasteiger partial charge is 0.0666 e. The Morgan fingerprint density at radius 1 is 0.288 bits per heavy atom. The van der Waals surface area contributed by atoms with Crippen LogP contribution in [0.15, 0.2) is 253 Å². The normalized spacial score (nSPS) is 11.2. The van der Waals surface area contributed by atoms with Crippen LogP contribution in [0.2, 0.25) is 0 Å². The average molecular weight is 857 g/mol. The molecule has 0 spiro atoms. The van der Waals surface area contributed by atoms with Crippen LogP contribution in [0.25, 0.3) is 0 Å². The third kappa shape index (κ3) is 10.8. The lowest BCUT2D eigenvalue weighted by atomic mass is 10.1. The third-order valence-corrected chi connectivity index (χ3v) is 11.4. The molecule has 0 aromatic heterocycles. The van der Waals surface area contributed by atoms with E-state index in [1.807, 2.05) is 36.7 Å². The molecular weight excluding hydrogens is 805 g/mol. The largest absolute Gasteiger partial charge is 0.311 e. The predicted octanol–water partition coefficient (Wildman–Crippen LogP) is 15.3. The number of hydrogen-bond acceptors (Lipinski definition) is 6. The maximum atomic E-state index is 5.04. The van der Waals surface area contributed by atoms with Crippen LogP contribution in [0.3, 0.4) is 0 Å². The van der Waals surface area contributed by atoms with Gasteiger partial charge in [0.1, 0.15) is 0 Å². The molecule has 0 aliphatic rings. The lowest BCUT2D eigenvalue weighted by Gasteiger charge is -2.25. The first kappa shape index (κ1) is 42.8. The minimum absolute atomic E-state index is 0.607. The molecule has 6 nitrogen and oxygen atoms in total. The van der Waals surface area contributed by atoms with Crippen LogP contribution in [0, 0.1) is 13.8 Å². The number of anilines is 8. The Labute approximate surface area is 389 Å². The zero-order valence-electron chi connectivity index (χ0n) is 37.3. The molecule has 0 aliphatic heterocycles. The van der Waals surface area contributed by atoms with Gasteiger partial charge in [-0.15, -0.1) is 0 Å². The van der Waals surface area contributed by atoms with Gasteiger partial charge >= 0.3 is 0 Å². The summed E-state index contributed by atoms with van der Waals surface area (Å²) in [6, 6.07) is 84.8. The number of rotatable bonds is 16. The number of hydrogen-bond donors (Lipinski definition) is 0. The SMILES string of the molecule is Cc1ccc(N(c2ccccc2)c2ccc(C=NN(Cc3ccc(CN(N=Cc4ccc(N(c5ccccc5)c5ccc(C)cc5)cc4)c4ccccc4)cc3)c3ccccc3)cc2)cc1. The molecule has 0 amide bonds. The summed E-state index contributed by atoms with van der Waals surface area (Å²) in [5.74, 6) is 0. The van der Waals surface area contributed by atoms with E-state index in [1.165, 1.54) is 11.1 Å². The second-order valence-corrected chi connectivity index (χ2v) is 16.3. The number of hydrazone groups is 2. The van der Waals surface area contributed by atoms with Gasteiger partial charge in [0.15, 0.2) is 0 Å². The van der Waals surface area contributed by atoms with Crippen molar-refractivity contribution in [1.29, 1.82) is 0 Å². The van der Waals surface area contributed by atoms with E-state index in [-0.39, 0.29) is 0 Å². The standard InChI is InChI=1S/C60H52N6/c1-47-23-35-57(36-24-47)65(55-19-11-5-12-20-55)59-39-31-49(32-40-59)43-61-63(53-15-7-3-8-16-53)45-51-27-29-52(30-28-51)46-64(54-17-9-4-10-18-54)62-44-50-33-41-60(42-34-50)66(56-21-13-6-14-22-56)58-37-25-48(2)26-38-58/h3-44H,45-46H2,1-2H3. The lowest BCUT2D eigenvalue weighted by Crippen LogP contribution is -2.17. The minimum atomic E-state index is 0.607. The summed E-state index contributed by atoms with van der Waals surface area (Å²) < 4.78 is 0. The highest BCUT2D eigenvalue weighted by atomic mass is 15.5. The van der Waals surface area contributed by atoms with Crippen LogP contribution < -0.4 is 19.8 Å². The summed E-state index contributed by atoms with van der Waals surface area (Å²) in [7, 11) is 0. The van der Waals surface area contributed by atoms with Crippen molar-refractivity contribution in [2.75, 3.05) is 19.8 Å².